The highest BCUT2D eigenvalue weighted by Crippen LogP contribution is 2.48. The fourth-order valence-corrected chi connectivity index (χ4v) is 4.42. The second-order valence-electron chi connectivity index (χ2n) is 7.49. The Labute approximate surface area is 178 Å². The smallest absolute Gasteiger partial charge is 0.392 e. The molecule has 1 aliphatic rings. The molecule has 1 amide bonds. The lowest BCUT2D eigenvalue weighted by atomic mass is 10.0. The van der Waals surface area contributed by atoms with Gasteiger partial charge in [-0.15, -0.1) is 0 Å². The van der Waals surface area contributed by atoms with Gasteiger partial charge in [0.25, 0.3) is 0 Å². The number of aliphatic hydroxyl groups excluding tert-OH is 1. The van der Waals surface area contributed by atoms with Crippen molar-refractivity contribution in [2.75, 3.05) is 7.11 Å². The Hall–Kier alpha value is -2.43. The molecule has 1 aliphatic carbocycles. The molecular weight excluding hydrogens is 433 g/mol. The van der Waals surface area contributed by atoms with Crippen LogP contribution < -0.4 is 5.32 Å². The average molecular weight is 456 g/mol. The second-order valence-corrected chi connectivity index (χ2v) is 9.27. The van der Waals surface area contributed by atoms with Crippen molar-refractivity contribution < 1.29 is 31.5 Å². The molecule has 0 aromatic heterocycles. The number of carbonyl (C=O) groups excluding carboxylic acids is 1. The highest BCUT2D eigenvalue weighted by atomic mass is 32.2. The van der Waals surface area contributed by atoms with Crippen LogP contribution in [0.4, 0.5) is 13.2 Å². The maximum Gasteiger partial charge on any atom is 0.416 e. The number of amides is 1. The Bertz CT molecular complexity index is 1070. The molecule has 168 valence electrons. The Kier molecular flexibility index (Phi) is 6.45. The van der Waals surface area contributed by atoms with Gasteiger partial charge < -0.3 is 10.4 Å². The maximum atomic E-state index is 12.7. The Balaban J connectivity index is 1.66. The van der Waals surface area contributed by atoms with Crippen LogP contribution >= 0.6 is 0 Å². The Morgan fingerprint density at radius 3 is 2.48 bits per heavy atom. The summed E-state index contributed by atoms with van der Waals surface area (Å²) in [7, 11) is -2.33. The fraction of sp³-hybridized carbons (Fsp3) is 0.381. The summed E-state index contributed by atoms with van der Waals surface area (Å²) >= 11 is 0. The zero-order chi connectivity index (χ0) is 23.0. The Morgan fingerprint density at radius 1 is 1.29 bits per heavy atom. The SMILES string of the molecule is COS(=N)(=O)c1ccc([C@@H](C)NC(=O)C2CC2c2ccc(C(F)(F)F)cc2)cc1CO. The van der Waals surface area contributed by atoms with Crippen LogP contribution in [0.3, 0.4) is 0 Å². The average Bonchev–Trinajstić information content (AvgIpc) is 3.53. The molecule has 0 aliphatic heterocycles. The molecule has 3 unspecified atom stereocenters. The first kappa shape index (κ1) is 23.2. The van der Waals surface area contributed by atoms with Gasteiger partial charge >= 0.3 is 6.18 Å². The molecule has 1 saturated carbocycles. The van der Waals surface area contributed by atoms with Crippen molar-refractivity contribution in [1.29, 1.82) is 4.78 Å². The molecule has 31 heavy (non-hydrogen) atoms. The van der Waals surface area contributed by atoms with E-state index in [9.17, 15) is 27.3 Å². The summed E-state index contributed by atoms with van der Waals surface area (Å²) in [6, 6.07) is 9.03. The van der Waals surface area contributed by atoms with E-state index >= 15 is 0 Å². The van der Waals surface area contributed by atoms with Crippen LogP contribution in [-0.2, 0) is 31.8 Å². The normalized spacial score (nSPS) is 21.2. The molecule has 4 atom stereocenters. The van der Waals surface area contributed by atoms with Crippen LogP contribution in [-0.4, -0.2) is 22.3 Å². The highest BCUT2D eigenvalue weighted by molar-refractivity contribution is 7.87. The summed E-state index contributed by atoms with van der Waals surface area (Å²) in [5.74, 6) is -0.663. The second kappa shape index (κ2) is 8.60. The quantitative estimate of drug-likeness (QED) is 0.583. The summed E-state index contributed by atoms with van der Waals surface area (Å²) in [6.07, 6.45) is -3.84. The van der Waals surface area contributed by atoms with Gasteiger partial charge in [0.15, 0.2) is 10.0 Å². The van der Waals surface area contributed by atoms with Crippen molar-refractivity contribution in [3.63, 3.8) is 0 Å². The minimum atomic E-state index is -4.40. The molecule has 0 radical (unpaired) electrons. The maximum absolute atomic E-state index is 12.7. The van der Waals surface area contributed by atoms with Gasteiger partial charge in [0, 0.05) is 5.92 Å². The molecule has 0 heterocycles. The minimum Gasteiger partial charge on any atom is -0.392 e. The van der Waals surface area contributed by atoms with Gasteiger partial charge in [0.2, 0.25) is 5.91 Å². The predicted molar refractivity (Wildman–Crippen MR) is 107 cm³/mol. The number of aliphatic hydroxyl groups is 1. The lowest BCUT2D eigenvalue weighted by Gasteiger charge is -2.17. The van der Waals surface area contributed by atoms with Crippen LogP contribution in [0.2, 0.25) is 0 Å². The van der Waals surface area contributed by atoms with Crippen molar-refractivity contribution in [3.05, 3.63) is 64.7 Å². The fourth-order valence-electron chi connectivity index (χ4n) is 3.52. The van der Waals surface area contributed by atoms with Gasteiger partial charge in [-0.3, -0.25) is 8.98 Å². The lowest BCUT2D eigenvalue weighted by Crippen LogP contribution is -2.28. The monoisotopic (exact) mass is 456 g/mol. The van der Waals surface area contributed by atoms with E-state index in [-0.39, 0.29) is 28.2 Å². The van der Waals surface area contributed by atoms with Crippen molar-refractivity contribution >= 4 is 15.9 Å². The molecule has 10 heteroatoms. The van der Waals surface area contributed by atoms with E-state index in [0.717, 1.165) is 19.2 Å². The van der Waals surface area contributed by atoms with E-state index in [1.165, 1.54) is 18.2 Å². The van der Waals surface area contributed by atoms with Crippen LogP contribution in [0.1, 0.15) is 47.6 Å². The van der Waals surface area contributed by atoms with E-state index in [2.05, 4.69) is 5.32 Å². The summed E-state index contributed by atoms with van der Waals surface area (Å²) < 4.78 is 62.7. The highest BCUT2D eigenvalue weighted by Gasteiger charge is 2.44. The molecular formula is C21H23F3N2O4S. The molecule has 2 aromatic rings. The lowest BCUT2D eigenvalue weighted by molar-refractivity contribution is -0.137. The van der Waals surface area contributed by atoms with Gasteiger partial charge in [-0.05, 0) is 54.2 Å². The molecule has 0 saturated heterocycles. The van der Waals surface area contributed by atoms with Crippen LogP contribution in [0.15, 0.2) is 47.4 Å². The molecule has 1 fully saturated rings. The van der Waals surface area contributed by atoms with Gasteiger partial charge in [0.1, 0.15) is 0 Å². The summed E-state index contributed by atoms with van der Waals surface area (Å²) in [5.41, 5.74) is 0.894. The number of carbonyl (C=O) groups is 1. The first-order chi connectivity index (χ1) is 14.5. The molecule has 0 bridgehead atoms. The number of alkyl halides is 3. The van der Waals surface area contributed by atoms with Gasteiger partial charge in [-0.1, -0.05) is 24.3 Å². The molecule has 0 spiro atoms. The van der Waals surface area contributed by atoms with Crippen LogP contribution in [0.25, 0.3) is 0 Å². The number of halogens is 3. The van der Waals surface area contributed by atoms with Gasteiger partial charge in [-0.25, -0.2) is 8.99 Å². The van der Waals surface area contributed by atoms with Crippen molar-refractivity contribution in [3.8, 4) is 0 Å². The van der Waals surface area contributed by atoms with Crippen LogP contribution in [0.5, 0.6) is 0 Å². The van der Waals surface area contributed by atoms with E-state index in [4.69, 9.17) is 8.96 Å². The third kappa shape index (κ3) is 5.08. The molecule has 3 N–H and O–H groups in total. The number of rotatable bonds is 7. The number of benzene rings is 2. The third-order valence-electron chi connectivity index (χ3n) is 5.43. The third-order valence-corrected chi connectivity index (χ3v) is 6.88. The zero-order valence-corrected chi connectivity index (χ0v) is 17.7. The summed E-state index contributed by atoms with van der Waals surface area (Å²) in [5, 5.41) is 12.4. The molecule has 6 nitrogen and oxygen atoms in total. The van der Waals surface area contributed by atoms with E-state index in [1.54, 1.807) is 19.1 Å². The Morgan fingerprint density at radius 2 is 1.94 bits per heavy atom. The van der Waals surface area contributed by atoms with E-state index in [1.807, 2.05) is 0 Å². The predicted octanol–water partition coefficient (Wildman–Crippen LogP) is 4.15. The minimum absolute atomic E-state index is 0.0735. The van der Waals surface area contributed by atoms with E-state index in [0.29, 0.717) is 17.5 Å². The van der Waals surface area contributed by atoms with Crippen molar-refractivity contribution in [2.45, 2.75) is 43.0 Å². The molecule has 3 rings (SSSR count). The first-order valence-corrected chi connectivity index (χ1v) is 11.0. The number of nitrogens with one attached hydrogen (secondary N) is 2. The van der Waals surface area contributed by atoms with E-state index < -0.39 is 34.4 Å². The zero-order valence-electron chi connectivity index (χ0n) is 16.9. The summed E-state index contributed by atoms with van der Waals surface area (Å²) in [6.45, 7) is 1.31. The number of hydrogen-bond donors (Lipinski definition) is 3. The van der Waals surface area contributed by atoms with Crippen molar-refractivity contribution in [1.82, 2.24) is 5.32 Å². The largest absolute Gasteiger partial charge is 0.416 e. The topological polar surface area (TPSA) is 99.5 Å². The van der Waals surface area contributed by atoms with Gasteiger partial charge in [0.05, 0.1) is 30.2 Å². The van der Waals surface area contributed by atoms with Crippen LogP contribution in [0, 0.1) is 10.7 Å². The van der Waals surface area contributed by atoms with Gasteiger partial charge in [-0.2, -0.15) is 13.2 Å². The number of hydrogen-bond acceptors (Lipinski definition) is 5. The first-order valence-electron chi connectivity index (χ1n) is 9.53. The summed E-state index contributed by atoms with van der Waals surface area (Å²) in [4.78, 5) is 12.7. The van der Waals surface area contributed by atoms with Crippen molar-refractivity contribution in [2.24, 2.45) is 5.92 Å². The molecule has 2 aromatic carbocycles. The standard InChI is InChI=1S/C21H23F3N2O4S/c1-12(14-5-8-19(15(9-14)11-27)31(25,29)30-2)26-20(28)18-10-17(18)13-3-6-16(7-4-13)21(22,23)24/h3-9,12,17-18,25,27H,10-11H2,1-2H3,(H,26,28)/t12-,17?,18?,31?/m1/s1.